The fourth-order valence-corrected chi connectivity index (χ4v) is 4.04. The first-order valence-electron chi connectivity index (χ1n) is 12.7. The van der Waals surface area contributed by atoms with Gasteiger partial charge in [-0.1, -0.05) is 24.7 Å². The average molecular weight is 527 g/mol. The molecule has 0 heterocycles. The van der Waals surface area contributed by atoms with Gasteiger partial charge in [-0.15, -0.1) is 0 Å². The normalized spacial score (nSPS) is 11.6. The number of aryl methyl sites for hydroxylation is 2. The molecule has 6 N–H and O–H groups in total. The van der Waals surface area contributed by atoms with E-state index in [1.807, 2.05) is 0 Å². The first-order chi connectivity index (χ1) is 17.6. The number of hydrogen-bond acceptors (Lipinski definition) is 6. The van der Waals surface area contributed by atoms with Gasteiger partial charge in [0.15, 0.2) is 0 Å². The second-order valence-corrected chi connectivity index (χ2v) is 11.0. The molecule has 2 aromatic rings. The Morgan fingerprint density at radius 1 is 0.632 bits per heavy atom. The molecular formula is C30H38O8. The Kier molecular flexibility index (Phi) is 10.1. The Balaban J connectivity index is 2.15. The molecule has 0 saturated carbocycles. The molecule has 0 unspecified atom stereocenters. The van der Waals surface area contributed by atoms with E-state index in [0.717, 1.165) is 0 Å². The van der Waals surface area contributed by atoms with Gasteiger partial charge in [0.2, 0.25) is 0 Å². The average Bonchev–Trinajstić information content (AvgIpc) is 2.82. The molecule has 206 valence electrons. The first-order valence-corrected chi connectivity index (χ1v) is 12.7. The van der Waals surface area contributed by atoms with Crippen LogP contribution in [0.25, 0.3) is 0 Å². The van der Waals surface area contributed by atoms with Crippen LogP contribution in [0.2, 0.25) is 0 Å². The quantitative estimate of drug-likeness (QED) is 0.119. The summed E-state index contributed by atoms with van der Waals surface area (Å²) in [6, 6.07) is 5.51. The summed E-state index contributed by atoms with van der Waals surface area (Å²) in [5.74, 6) is 3.42. The summed E-state index contributed by atoms with van der Waals surface area (Å²) in [7, 11) is 0. The van der Waals surface area contributed by atoms with E-state index in [9.17, 15) is 40.2 Å². The largest absolute Gasteiger partial charge is 0.508 e. The molecular weight excluding hydrogens is 488 g/mol. The molecule has 0 fully saturated rings. The van der Waals surface area contributed by atoms with Crippen molar-refractivity contribution >= 4 is 11.9 Å². The monoisotopic (exact) mass is 526 g/mol. The maximum Gasteiger partial charge on any atom is 0.309 e. The number of unbranched alkanes of at least 4 members (excludes halogenated alkanes) is 2. The van der Waals surface area contributed by atoms with Crippen molar-refractivity contribution in [1.29, 1.82) is 0 Å². The molecule has 0 aliphatic heterocycles. The fraction of sp³-hybridized carbons (Fsp3) is 0.467. The van der Waals surface area contributed by atoms with Crippen molar-refractivity contribution in [2.45, 2.75) is 79.1 Å². The first kappa shape index (κ1) is 30.4. The number of aliphatic carboxylic acids is 2. The van der Waals surface area contributed by atoms with Crippen molar-refractivity contribution in [3.63, 3.8) is 0 Å². The molecule has 0 aromatic heterocycles. The molecule has 0 saturated heterocycles. The summed E-state index contributed by atoms with van der Waals surface area (Å²) >= 11 is 0. The highest BCUT2D eigenvalue weighted by Crippen LogP contribution is 2.32. The van der Waals surface area contributed by atoms with Gasteiger partial charge in [-0.05, 0) is 102 Å². The van der Waals surface area contributed by atoms with Crippen molar-refractivity contribution < 1.29 is 40.2 Å². The van der Waals surface area contributed by atoms with Gasteiger partial charge in [-0.3, -0.25) is 9.59 Å². The summed E-state index contributed by atoms with van der Waals surface area (Å²) in [5, 5.41) is 60.2. The van der Waals surface area contributed by atoms with Crippen LogP contribution in [0.3, 0.4) is 0 Å². The highest BCUT2D eigenvalue weighted by Gasteiger charge is 2.27. The minimum atomic E-state index is -0.865. The third kappa shape index (κ3) is 8.34. The minimum absolute atomic E-state index is 0.0851. The van der Waals surface area contributed by atoms with E-state index in [-0.39, 0.29) is 34.1 Å². The Morgan fingerprint density at radius 2 is 0.974 bits per heavy atom. The molecule has 2 aromatic carbocycles. The van der Waals surface area contributed by atoms with Gasteiger partial charge in [0.05, 0.1) is 22.0 Å². The predicted octanol–water partition coefficient (Wildman–Crippen LogP) is 5.56. The van der Waals surface area contributed by atoms with E-state index in [0.29, 0.717) is 62.5 Å². The number of carbonyl (C=O) groups is 2. The highest BCUT2D eigenvalue weighted by atomic mass is 16.4. The lowest BCUT2D eigenvalue weighted by Gasteiger charge is -2.18. The fourth-order valence-electron chi connectivity index (χ4n) is 4.04. The number of phenols is 4. The van der Waals surface area contributed by atoms with Crippen molar-refractivity contribution in [3.8, 4) is 34.8 Å². The van der Waals surface area contributed by atoms with Crippen LogP contribution in [0, 0.1) is 22.7 Å². The lowest BCUT2D eigenvalue weighted by Crippen LogP contribution is -2.23. The van der Waals surface area contributed by atoms with E-state index < -0.39 is 22.8 Å². The lowest BCUT2D eigenvalue weighted by atomic mass is 9.86. The maximum atomic E-state index is 11.3. The Hall–Kier alpha value is -3.86. The zero-order chi connectivity index (χ0) is 28.7. The van der Waals surface area contributed by atoms with Crippen molar-refractivity contribution in [1.82, 2.24) is 0 Å². The smallest absolute Gasteiger partial charge is 0.309 e. The van der Waals surface area contributed by atoms with E-state index in [1.165, 1.54) is 24.3 Å². The van der Waals surface area contributed by atoms with Gasteiger partial charge in [0.25, 0.3) is 0 Å². The molecule has 0 aliphatic carbocycles. The molecule has 8 nitrogen and oxygen atoms in total. The molecule has 0 atom stereocenters. The summed E-state index contributed by atoms with van der Waals surface area (Å²) in [4.78, 5) is 22.5. The number of hydrogen-bond donors (Lipinski definition) is 6. The van der Waals surface area contributed by atoms with Crippen molar-refractivity contribution in [2.24, 2.45) is 10.8 Å². The van der Waals surface area contributed by atoms with Crippen LogP contribution in [0.15, 0.2) is 24.3 Å². The van der Waals surface area contributed by atoms with Crippen LogP contribution >= 0.6 is 0 Å². The summed E-state index contributed by atoms with van der Waals surface area (Å²) in [6.07, 6.45) is 4.28. The lowest BCUT2D eigenvalue weighted by molar-refractivity contribution is -0.148. The second kappa shape index (κ2) is 12.6. The highest BCUT2D eigenvalue weighted by molar-refractivity contribution is 5.73. The maximum absolute atomic E-state index is 11.3. The molecule has 0 radical (unpaired) electrons. The van der Waals surface area contributed by atoms with Crippen LogP contribution in [0.4, 0.5) is 0 Å². The van der Waals surface area contributed by atoms with Gasteiger partial charge >= 0.3 is 11.9 Å². The Morgan fingerprint density at radius 3 is 1.29 bits per heavy atom. The van der Waals surface area contributed by atoms with Crippen molar-refractivity contribution in [2.75, 3.05) is 0 Å². The zero-order valence-corrected chi connectivity index (χ0v) is 22.5. The van der Waals surface area contributed by atoms with Gasteiger partial charge in [0.1, 0.15) is 23.0 Å². The number of phenolic OH excluding ortho intramolecular Hbond substituents is 4. The van der Waals surface area contributed by atoms with Crippen molar-refractivity contribution in [3.05, 3.63) is 46.5 Å². The molecule has 38 heavy (non-hydrogen) atoms. The van der Waals surface area contributed by atoms with Crippen LogP contribution < -0.4 is 0 Å². The molecule has 0 bridgehead atoms. The number of carboxylic acid groups (broad SMARTS) is 2. The molecule has 0 aliphatic rings. The van der Waals surface area contributed by atoms with E-state index in [1.54, 1.807) is 27.7 Å². The van der Waals surface area contributed by atoms with Crippen LogP contribution in [0.1, 0.15) is 88.5 Å². The van der Waals surface area contributed by atoms with Crippen LogP contribution in [-0.2, 0) is 22.4 Å². The molecule has 0 amide bonds. The molecule has 8 heteroatoms. The van der Waals surface area contributed by atoms with Crippen LogP contribution in [0.5, 0.6) is 23.0 Å². The van der Waals surface area contributed by atoms with Gasteiger partial charge in [-0.25, -0.2) is 0 Å². The molecule has 0 spiro atoms. The minimum Gasteiger partial charge on any atom is -0.508 e. The molecule has 2 rings (SSSR count). The second-order valence-electron chi connectivity index (χ2n) is 11.0. The SMILES string of the molecule is CC(C)(CCCCc1cc(O)cc(C#Cc2cc(O)cc(CCCCC(C)(C)C(=O)O)c2O)c1O)C(=O)O. The van der Waals surface area contributed by atoms with Crippen LogP contribution in [-0.4, -0.2) is 42.6 Å². The Labute approximate surface area is 223 Å². The number of rotatable bonds is 12. The third-order valence-electron chi connectivity index (χ3n) is 6.83. The summed E-state index contributed by atoms with van der Waals surface area (Å²) < 4.78 is 0. The van der Waals surface area contributed by atoms with Gasteiger partial charge < -0.3 is 30.6 Å². The summed E-state index contributed by atoms with van der Waals surface area (Å²) in [6.45, 7) is 6.66. The number of carboxylic acids is 2. The van der Waals surface area contributed by atoms with Gasteiger partial charge in [-0.2, -0.15) is 0 Å². The zero-order valence-electron chi connectivity index (χ0n) is 22.5. The third-order valence-corrected chi connectivity index (χ3v) is 6.83. The van der Waals surface area contributed by atoms with E-state index in [2.05, 4.69) is 11.8 Å². The summed E-state index contributed by atoms with van der Waals surface area (Å²) in [5.41, 5.74) is -0.402. The number of benzene rings is 2. The van der Waals surface area contributed by atoms with E-state index >= 15 is 0 Å². The number of aromatic hydroxyl groups is 4. The Bertz CT molecular complexity index is 1140. The van der Waals surface area contributed by atoms with E-state index in [4.69, 9.17) is 0 Å². The van der Waals surface area contributed by atoms with Gasteiger partial charge in [0, 0.05) is 0 Å². The standard InChI is InChI=1S/C30H38O8/c1-29(2,27(35)36)13-7-5-9-19-15-23(31)17-21(25(19)33)11-12-22-18-24(32)16-20(26(22)34)10-6-8-14-30(3,4)28(37)38/h15-18,31-34H,5-10,13-14H2,1-4H3,(H,35,36)(H,37,38). The topological polar surface area (TPSA) is 156 Å². The predicted molar refractivity (Wildman–Crippen MR) is 143 cm³/mol.